The van der Waals surface area contributed by atoms with Gasteiger partial charge < -0.3 is 10.4 Å². The molecule has 1 atom stereocenters. The molecule has 2 rings (SSSR count). The molecular weight excluding hydrogens is 300 g/mol. The summed E-state index contributed by atoms with van der Waals surface area (Å²) < 4.78 is 0. The van der Waals surface area contributed by atoms with Crippen LogP contribution in [0.3, 0.4) is 0 Å². The van der Waals surface area contributed by atoms with Gasteiger partial charge in [-0.3, -0.25) is 24.1 Å². The molecule has 3 amide bonds. The number of hydrogen-bond acceptors (Lipinski definition) is 4. The van der Waals surface area contributed by atoms with Gasteiger partial charge in [-0.15, -0.1) is 0 Å². The first-order chi connectivity index (χ1) is 10.8. The van der Waals surface area contributed by atoms with Gasteiger partial charge in [-0.25, -0.2) is 0 Å². The van der Waals surface area contributed by atoms with Gasteiger partial charge in [0.25, 0.3) is 11.8 Å². The van der Waals surface area contributed by atoms with Crippen molar-refractivity contribution in [3.63, 3.8) is 0 Å². The number of nitrogens with zero attached hydrogens (tertiary/aromatic N) is 1. The number of carboxylic acid groups (broad SMARTS) is 1. The van der Waals surface area contributed by atoms with Crippen LogP contribution >= 0.6 is 0 Å². The highest BCUT2D eigenvalue weighted by atomic mass is 16.4. The maximum atomic E-state index is 12.2. The highest BCUT2D eigenvalue weighted by Gasteiger charge is 2.36. The third-order valence-electron chi connectivity index (χ3n) is 3.63. The molecule has 0 spiro atoms. The Kier molecular flexibility index (Phi) is 4.78. The standard InChI is InChI=1S/C16H18N2O5/c1-9-3-5-11-12(7-9)16(23)18(15(11)22)8-13(19)17-10(2)4-6-14(20)21/h3,5,7,10H,4,6,8H2,1-2H3,(H,17,19)(H,20,21). The van der Waals surface area contributed by atoms with Gasteiger partial charge in [0.05, 0.1) is 11.1 Å². The molecule has 1 aliphatic heterocycles. The fraction of sp³-hybridized carbons (Fsp3) is 0.375. The average Bonchev–Trinajstić information content (AvgIpc) is 2.70. The van der Waals surface area contributed by atoms with Crippen LogP contribution in [0.15, 0.2) is 18.2 Å². The SMILES string of the molecule is Cc1ccc2c(c1)C(=O)N(CC(=O)NC(C)CCC(=O)O)C2=O. The topological polar surface area (TPSA) is 104 Å². The van der Waals surface area contributed by atoms with Crippen LogP contribution in [0.5, 0.6) is 0 Å². The van der Waals surface area contributed by atoms with Crippen LogP contribution in [0.4, 0.5) is 0 Å². The van der Waals surface area contributed by atoms with Crippen molar-refractivity contribution in [2.45, 2.75) is 32.7 Å². The lowest BCUT2D eigenvalue weighted by atomic mass is 10.1. The number of carbonyl (C=O) groups is 4. The molecule has 0 saturated carbocycles. The number of carbonyl (C=O) groups excluding carboxylic acids is 3. The first-order valence-corrected chi connectivity index (χ1v) is 7.27. The molecule has 0 saturated heterocycles. The number of imide groups is 1. The van der Waals surface area contributed by atoms with Gasteiger partial charge in [0, 0.05) is 12.5 Å². The van der Waals surface area contributed by atoms with Gasteiger partial charge in [0.2, 0.25) is 5.91 Å². The fourth-order valence-corrected chi connectivity index (χ4v) is 2.42. The quantitative estimate of drug-likeness (QED) is 0.760. The molecule has 1 heterocycles. The lowest BCUT2D eigenvalue weighted by Gasteiger charge is -2.17. The van der Waals surface area contributed by atoms with Crippen LogP contribution < -0.4 is 5.32 Å². The Morgan fingerprint density at radius 1 is 1.22 bits per heavy atom. The first-order valence-electron chi connectivity index (χ1n) is 7.27. The zero-order valence-electron chi connectivity index (χ0n) is 13.0. The summed E-state index contributed by atoms with van der Waals surface area (Å²) in [5.74, 6) is -2.41. The summed E-state index contributed by atoms with van der Waals surface area (Å²) in [6.07, 6.45) is 0.218. The molecule has 23 heavy (non-hydrogen) atoms. The minimum atomic E-state index is -0.943. The Labute approximate surface area is 133 Å². The molecule has 1 aromatic rings. The van der Waals surface area contributed by atoms with E-state index in [4.69, 9.17) is 5.11 Å². The summed E-state index contributed by atoms with van der Waals surface area (Å²) in [4.78, 5) is 47.8. The van der Waals surface area contributed by atoms with Crippen LogP contribution in [0.1, 0.15) is 46.0 Å². The number of benzene rings is 1. The van der Waals surface area contributed by atoms with E-state index in [0.717, 1.165) is 10.5 Å². The van der Waals surface area contributed by atoms with Crippen molar-refractivity contribution in [2.24, 2.45) is 0 Å². The maximum absolute atomic E-state index is 12.2. The van der Waals surface area contributed by atoms with Gasteiger partial charge in [0.1, 0.15) is 6.54 Å². The van der Waals surface area contributed by atoms with Crippen LogP contribution in [0.25, 0.3) is 0 Å². The summed E-state index contributed by atoms with van der Waals surface area (Å²) in [5, 5.41) is 11.2. The molecule has 0 bridgehead atoms. The molecule has 0 aliphatic carbocycles. The Balaban J connectivity index is 1.99. The zero-order chi connectivity index (χ0) is 17.1. The third-order valence-corrected chi connectivity index (χ3v) is 3.63. The molecule has 2 N–H and O–H groups in total. The second kappa shape index (κ2) is 6.60. The number of carboxylic acids is 1. The van der Waals surface area contributed by atoms with E-state index in [-0.39, 0.29) is 25.4 Å². The number of nitrogens with one attached hydrogen (secondary N) is 1. The van der Waals surface area contributed by atoms with E-state index in [1.54, 1.807) is 25.1 Å². The van der Waals surface area contributed by atoms with Crippen LogP contribution in [-0.2, 0) is 9.59 Å². The second-order valence-electron chi connectivity index (χ2n) is 5.65. The van der Waals surface area contributed by atoms with E-state index in [1.165, 1.54) is 0 Å². The van der Waals surface area contributed by atoms with Gasteiger partial charge in [-0.05, 0) is 32.4 Å². The van der Waals surface area contributed by atoms with Crippen molar-refractivity contribution in [1.29, 1.82) is 0 Å². The maximum Gasteiger partial charge on any atom is 0.303 e. The number of aryl methyl sites for hydroxylation is 1. The number of rotatable bonds is 6. The molecule has 0 aromatic heterocycles. The normalized spacial score (nSPS) is 14.6. The van der Waals surface area contributed by atoms with Crippen molar-refractivity contribution in [1.82, 2.24) is 10.2 Å². The predicted molar refractivity (Wildman–Crippen MR) is 81.0 cm³/mol. The van der Waals surface area contributed by atoms with E-state index < -0.39 is 23.7 Å². The van der Waals surface area contributed by atoms with Crippen LogP contribution in [-0.4, -0.2) is 46.3 Å². The highest BCUT2D eigenvalue weighted by molar-refractivity contribution is 6.22. The third kappa shape index (κ3) is 3.74. The zero-order valence-corrected chi connectivity index (χ0v) is 13.0. The molecule has 1 aromatic carbocycles. The lowest BCUT2D eigenvalue weighted by molar-refractivity contribution is -0.137. The number of fused-ring (bicyclic) bond motifs is 1. The summed E-state index contributed by atoms with van der Waals surface area (Å²) >= 11 is 0. The molecule has 122 valence electrons. The van der Waals surface area contributed by atoms with Gasteiger partial charge in [-0.2, -0.15) is 0 Å². The van der Waals surface area contributed by atoms with Crippen molar-refractivity contribution >= 4 is 23.7 Å². The van der Waals surface area contributed by atoms with Gasteiger partial charge >= 0.3 is 5.97 Å². The molecule has 0 radical (unpaired) electrons. The Morgan fingerprint density at radius 2 is 1.87 bits per heavy atom. The van der Waals surface area contributed by atoms with Crippen molar-refractivity contribution < 1.29 is 24.3 Å². The molecule has 1 aliphatic rings. The van der Waals surface area contributed by atoms with Crippen molar-refractivity contribution in [2.75, 3.05) is 6.54 Å². The fourth-order valence-electron chi connectivity index (χ4n) is 2.42. The number of amides is 3. The summed E-state index contributed by atoms with van der Waals surface area (Å²) in [5.41, 5.74) is 1.47. The van der Waals surface area contributed by atoms with Gasteiger partial charge in [-0.1, -0.05) is 11.6 Å². The monoisotopic (exact) mass is 318 g/mol. The minimum absolute atomic E-state index is 0.0618. The van der Waals surface area contributed by atoms with Crippen molar-refractivity contribution in [3.8, 4) is 0 Å². The van der Waals surface area contributed by atoms with Crippen molar-refractivity contribution in [3.05, 3.63) is 34.9 Å². The number of hydrogen-bond donors (Lipinski definition) is 2. The highest BCUT2D eigenvalue weighted by Crippen LogP contribution is 2.23. The second-order valence-corrected chi connectivity index (χ2v) is 5.65. The van der Waals surface area contributed by atoms with Gasteiger partial charge in [0.15, 0.2) is 0 Å². The molecule has 7 heteroatoms. The minimum Gasteiger partial charge on any atom is -0.481 e. The summed E-state index contributed by atoms with van der Waals surface area (Å²) in [6, 6.07) is 4.60. The largest absolute Gasteiger partial charge is 0.481 e. The molecule has 7 nitrogen and oxygen atoms in total. The molecule has 1 unspecified atom stereocenters. The van der Waals surface area contributed by atoms with E-state index in [9.17, 15) is 19.2 Å². The Hall–Kier alpha value is -2.70. The van der Waals surface area contributed by atoms with E-state index in [0.29, 0.717) is 11.1 Å². The Morgan fingerprint density at radius 3 is 2.52 bits per heavy atom. The van der Waals surface area contributed by atoms with E-state index in [1.807, 2.05) is 6.92 Å². The average molecular weight is 318 g/mol. The molecule has 0 fully saturated rings. The summed E-state index contributed by atoms with van der Waals surface area (Å²) in [7, 11) is 0. The predicted octanol–water partition coefficient (Wildman–Crippen LogP) is 0.961. The van der Waals surface area contributed by atoms with E-state index >= 15 is 0 Å². The van der Waals surface area contributed by atoms with E-state index in [2.05, 4.69) is 5.32 Å². The number of aliphatic carboxylic acids is 1. The van der Waals surface area contributed by atoms with Crippen LogP contribution in [0, 0.1) is 6.92 Å². The molecular formula is C16H18N2O5. The Bertz CT molecular complexity index is 683. The first kappa shape index (κ1) is 16.7. The summed E-state index contributed by atoms with van der Waals surface area (Å²) in [6.45, 7) is 3.12. The van der Waals surface area contributed by atoms with Crippen LogP contribution in [0.2, 0.25) is 0 Å². The lowest BCUT2D eigenvalue weighted by Crippen LogP contribution is -2.43. The smallest absolute Gasteiger partial charge is 0.303 e.